The van der Waals surface area contributed by atoms with Gasteiger partial charge in [-0.15, -0.1) is 0 Å². The van der Waals surface area contributed by atoms with Gasteiger partial charge in [-0.2, -0.15) is 14.9 Å². The van der Waals surface area contributed by atoms with E-state index in [0.29, 0.717) is 0 Å². The molecule has 0 unspecified atom stereocenters. The van der Waals surface area contributed by atoms with Crippen molar-refractivity contribution in [3.63, 3.8) is 0 Å². The van der Waals surface area contributed by atoms with Gasteiger partial charge in [0.1, 0.15) is 12.4 Å². The van der Waals surface area contributed by atoms with E-state index in [1.807, 2.05) is 4.52 Å². The zero-order chi connectivity index (χ0) is 15.1. The number of hydrogen-bond donors (Lipinski definition) is 0. The first-order valence-corrected chi connectivity index (χ1v) is 8.00. The molecule has 2 aromatic rings. The second-order valence-corrected chi connectivity index (χ2v) is 6.30. The van der Waals surface area contributed by atoms with Crippen LogP contribution in [0.4, 0.5) is 5.82 Å². The van der Waals surface area contributed by atoms with Crippen LogP contribution in [0.3, 0.4) is 0 Å². The molecule has 22 heavy (non-hydrogen) atoms. The molecular formula is C16H20N6. The molecule has 0 bridgehead atoms. The molecule has 114 valence electrons. The van der Waals surface area contributed by atoms with Crippen LogP contribution < -0.4 is 4.90 Å². The predicted octanol–water partition coefficient (Wildman–Crippen LogP) is 1.58. The topological polar surface area (TPSA) is 60.5 Å². The number of nitrogens with zero attached hydrogens (tertiary/aromatic N) is 6. The highest BCUT2D eigenvalue weighted by atomic mass is 15.4. The van der Waals surface area contributed by atoms with E-state index >= 15 is 0 Å². The lowest BCUT2D eigenvalue weighted by Gasteiger charge is -2.32. The molecule has 2 aliphatic rings. The molecule has 1 saturated heterocycles. The number of hydrogen-bond acceptors (Lipinski definition) is 5. The van der Waals surface area contributed by atoms with E-state index < -0.39 is 0 Å². The summed E-state index contributed by atoms with van der Waals surface area (Å²) in [4.78, 5) is 9.08. The summed E-state index contributed by atoms with van der Waals surface area (Å²) in [5, 5.41) is 14.2. The summed E-state index contributed by atoms with van der Waals surface area (Å²) in [5.74, 6) is 0.956. The van der Waals surface area contributed by atoms with Crippen molar-refractivity contribution in [2.24, 2.45) is 0 Å². The normalized spacial score (nSPS) is 19.2. The van der Waals surface area contributed by atoms with Crippen LogP contribution in [-0.2, 0) is 13.0 Å². The summed E-state index contributed by atoms with van der Waals surface area (Å²) in [6.07, 6.45) is 6.16. The summed E-state index contributed by atoms with van der Waals surface area (Å²) in [6, 6.07) is 2.47. The van der Waals surface area contributed by atoms with E-state index in [1.54, 1.807) is 6.33 Å². The predicted molar refractivity (Wildman–Crippen MR) is 83.8 cm³/mol. The van der Waals surface area contributed by atoms with E-state index in [4.69, 9.17) is 0 Å². The van der Waals surface area contributed by atoms with Crippen LogP contribution in [0.1, 0.15) is 36.0 Å². The fourth-order valence-corrected chi connectivity index (χ4v) is 3.74. The molecule has 0 N–H and O–H groups in total. The highest BCUT2D eigenvalue weighted by molar-refractivity contribution is 5.69. The lowest BCUT2D eigenvalue weighted by Crippen LogP contribution is -2.34. The number of fused-ring (bicyclic) bond motifs is 3. The Morgan fingerprint density at radius 1 is 1.14 bits per heavy atom. The van der Waals surface area contributed by atoms with Crippen LogP contribution in [0.2, 0.25) is 0 Å². The van der Waals surface area contributed by atoms with Crippen LogP contribution in [0.15, 0.2) is 6.33 Å². The van der Waals surface area contributed by atoms with Crippen LogP contribution >= 0.6 is 0 Å². The molecule has 6 nitrogen and oxygen atoms in total. The van der Waals surface area contributed by atoms with E-state index in [-0.39, 0.29) is 0 Å². The molecule has 0 radical (unpaired) electrons. The highest BCUT2D eigenvalue weighted by Gasteiger charge is 2.28. The average Bonchev–Trinajstić information content (AvgIpc) is 3.04. The molecule has 0 spiro atoms. The summed E-state index contributed by atoms with van der Waals surface area (Å²) in [7, 11) is 2.11. The standard InChI is InChI=1S/C16H20N6/c1-20-8-5-12-13(9-17)16(21-6-3-2-4-7-21)22-15(14(12)10-20)18-11-19-22/h11H,2-8,10H2,1H3. The van der Waals surface area contributed by atoms with Gasteiger partial charge < -0.3 is 9.80 Å². The number of likely N-dealkylation sites (N-methyl/N-ethyl adjacent to an activating group) is 1. The highest BCUT2D eigenvalue weighted by Crippen LogP contribution is 2.33. The Morgan fingerprint density at radius 2 is 1.95 bits per heavy atom. The maximum Gasteiger partial charge on any atom is 0.162 e. The molecule has 4 rings (SSSR count). The minimum Gasteiger partial charge on any atom is -0.355 e. The number of rotatable bonds is 1. The molecule has 1 fully saturated rings. The summed E-state index contributed by atoms with van der Waals surface area (Å²) < 4.78 is 1.89. The molecule has 2 aliphatic heterocycles. The van der Waals surface area contributed by atoms with Gasteiger partial charge in [0.2, 0.25) is 0 Å². The zero-order valence-electron chi connectivity index (χ0n) is 12.9. The SMILES string of the molecule is CN1CCc2c(C#N)c(N3CCCCC3)n3ncnc3c2C1. The largest absolute Gasteiger partial charge is 0.355 e. The maximum atomic E-state index is 9.82. The minimum atomic E-state index is 0.808. The first-order valence-electron chi connectivity index (χ1n) is 8.00. The van der Waals surface area contributed by atoms with Crippen molar-refractivity contribution in [2.75, 3.05) is 31.6 Å². The van der Waals surface area contributed by atoms with Gasteiger partial charge in [0, 0.05) is 31.7 Å². The lowest BCUT2D eigenvalue weighted by molar-refractivity contribution is 0.313. The van der Waals surface area contributed by atoms with Gasteiger partial charge in [-0.05, 0) is 38.3 Å². The number of pyridine rings is 1. The van der Waals surface area contributed by atoms with Crippen molar-refractivity contribution in [1.29, 1.82) is 5.26 Å². The van der Waals surface area contributed by atoms with Crippen molar-refractivity contribution in [1.82, 2.24) is 19.5 Å². The van der Waals surface area contributed by atoms with Gasteiger partial charge in [0.05, 0.1) is 5.56 Å². The molecule has 0 aliphatic carbocycles. The van der Waals surface area contributed by atoms with Crippen LogP contribution in [-0.4, -0.2) is 46.2 Å². The molecule has 0 amide bonds. The van der Waals surface area contributed by atoms with Crippen molar-refractivity contribution < 1.29 is 0 Å². The Kier molecular flexibility index (Phi) is 3.23. The van der Waals surface area contributed by atoms with Gasteiger partial charge in [-0.3, -0.25) is 0 Å². The zero-order valence-corrected chi connectivity index (χ0v) is 12.9. The monoisotopic (exact) mass is 296 g/mol. The van der Waals surface area contributed by atoms with Gasteiger partial charge in [-0.1, -0.05) is 0 Å². The van der Waals surface area contributed by atoms with E-state index in [1.165, 1.54) is 30.4 Å². The lowest BCUT2D eigenvalue weighted by atomic mass is 9.95. The van der Waals surface area contributed by atoms with E-state index in [9.17, 15) is 5.26 Å². The molecular weight excluding hydrogens is 276 g/mol. The van der Waals surface area contributed by atoms with Crippen molar-refractivity contribution in [3.05, 3.63) is 23.0 Å². The van der Waals surface area contributed by atoms with E-state index in [2.05, 4.69) is 33.0 Å². The Hall–Kier alpha value is -2.13. The van der Waals surface area contributed by atoms with Gasteiger partial charge >= 0.3 is 0 Å². The summed E-state index contributed by atoms with van der Waals surface area (Å²) in [6.45, 7) is 3.84. The third kappa shape index (κ3) is 1.97. The Morgan fingerprint density at radius 3 is 2.73 bits per heavy atom. The van der Waals surface area contributed by atoms with Crippen LogP contribution in [0.25, 0.3) is 5.65 Å². The van der Waals surface area contributed by atoms with Crippen molar-refractivity contribution >= 4 is 11.5 Å². The fourth-order valence-electron chi connectivity index (χ4n) is 3.74. The molecule has 0 atom stereocenters. The maximum absolute atomic E-state index is 9.82. The second kappa shape index (κ2) is 5.25. The quantitative estimate of drug-likeness (QED) is 0.799. The van der Waals surface area contributed by atoms with Gasteiger partial charge in [-0.25, -0.2) is 4.98 Å². The Labute approximate surface area is 130 Å². The number of aromatic nitrogens is 3. The minimum absolute atomic E-state index is 0.808. The number of anilines is 1. The van der Waals surface area contributed by atoms with Gasteiger partial charge in [0.25, 0.3) is 0 Å². The first kappa shape index (κ1) is 13.5. The Balaban J connectivity index is 1.98. The average molecular weight is 296 g/mol. The molecule has 0 saturated carbocycles. The van der Waals surface area contributed by atoms with Crippen LogP contribution in [0.5, 0.6) is 0 Å². The Bertz CT molecular complexity index is 750. The smallest absolute Gasteiger partial charge is 0.162 e. The molecule has 6 heteroatoms. The number of nitriles is 1. The van der Waals surface area contributed by atoms with Crippen molar-refractivity contribution in [2.45, 2.75) is 32.2 Å². The fraction of sp³-hybridized carbons (Fsp3) is 0.562. The third-order valence-electron chi connectivity index (χ3n) is 4.85. The van der Waals surface area contributed by atoms with Crippen molar-refractivity contribution in [3.8, 4) is 6.07 Å². The molecule has 2 aromatic heterocycles. The van der Waals surface area contributed by atoms with Gasteiger partial charge in [0.15, 0.2) is 11.5 Å². The summed E-state index contributed by atoms with van der Waals surface area (Å²) >= 11 is 0. The van der Waals surface area contributed by atoms with E-state index in [0.717, 1.165) is 49.6 Å². The molecule has 0 aromatic carbocycles. The summed E-state index contributed by atoms with van der Waals surface area (Å²) in [5.41, 5.74) is 4.08. The first-order chi connectivity index (χ1) is 10.8. The third-order valence-corrected chi connectivity index (χ3v) is 4.85. The number of piperidine rings is 1. The molecule has 4 heterocycles. The second-order valence-electron chi connectivity index (χ2n) is 6.30. The van der Waals surface area contributed by atoms with Crippen LogP contribution in [0, 0.1) is 11.3 Å².